The number of esters is 1. The Morgan fingerprint density at radius 3 is 1.86 bits per heavy atom. The summed E-state index contributed by atoms with van der Waals surface area (Å²) in [4.78, 5) is 27.6. The molecule has 1 amide bonds. The van der Waals surface area contributed by atoms with E-state index >= 15 is 0 Å². The fourth-order valence-corrected chi connectivity index (χ4v) is 3.20. The molecule has 0 N–H and O–H groups in total. The van der Waals surface area contributed by atoms with Crippen molar-refractivity contribution in [1.29, 1.82) is 0 Å². The van der Waals surface area contributed by atoms with Crippen molar-refractivity contribution in [2.45, 2.75) is 32.4 Å². The number of benzene rings is 3. The summed E-state index contributed by atoms with van der Waals surface area (Å²) in [6, 6.07) is 27.8. The molecule has 0 saturated carbocycles. The van der Waals surface area contributed by atoms with Crippen LogP contribution in [0, 0.1) is 0 Å². The van der Waals surface area contributed by atoms with E-state index in [1.165, 1.54) is 0 Å². The Balaban J connectivity index is 1.89. The van der Waals surface area contributed by atoms with Gasteiger partial charge in [-0.1, -0.05) is 85.8 Å². The molecule has 0 heterocycles. The minimum absolute atomic E-state index is 0.117. The number of carbonyl (C=O) groups excluding carboxylic acids is 2. The molecule has 0 fully saturated rings. The van der Waals surface area contributed by atoms with E-state index in [9.17, 15) is 9.59 Å². The first-order valence-corrected chi connectivity index (χ1v) is 9.80. The topological polar surface area (TPSA) is 46.6 Å². The number of para-hydroxylation sites is 1. The highest BCUT2D eigenvalue weighted by Crippen LogP contribution is 2.22. The van der Waals surface area contributed by atoms with E-state index in [-0.39, 0.29) is 12.5 Å². The van der Waals surface area contributed by atoms with Gasteiger partial charge in [0.25, 0.3) is 0 Å². The molecule has 4 nitrogen and oxygen atoms in total. The van der Waals surface area contributed by atoms with E-state index in [4.69, 9.17) is 4.74 Å². The zero-order valence-electron chi connectivity index (χ0n) is 16.5. The normalized spacial score (nSPS) is 11.5. The van der Waals surface area contributed by atoms with Crippen LogP contribution in [0.25, 0.3) is 0 Å². The maximum absolute atomic E-state index is 13.1. The van der Waals surface area contributed by atoms with Crippen LogP contribution in [0.1, 0.15) is 24.5 Å². The molecule has 3 aromatic rings. The Bertz CT molecular complexity index is 911. The lowest BCUT2D eigenvalue weighted by molar-refractivity contribution is -0.147. The summed E-state index contributed by atoms with van der Waals surface area (Å²) in [7, 11) is 0. The molecule has 3 aromatic carbocycles. The van der Waals surface area contributed by atoms with Gasteiger partial charge in [-0.3, -0.25) is 9.69 Å². The van der Waals surface area contributed by atoms with Crippen LogP contribution in [0.3, 0.4) is 0 Å². The molecule has 29 heavy (non-hydrogen) atoms. The zero-order valence-corrected chi connectivity index (χ0v) is 16.5. The van der Waals surface area contributed by atoms with Crippen LogP contribution < -0.4 is 4.90 Å². The third kappa shape index (κ3) is 5.55. The molecule has 3 rings (SSSR count). The fourth-order valence-electron chi connectivity index (χ4n) is 3.20. The highest BCUT2D eigenvalue weighted by Gasteiger charge is 2.32. The quantitative estimate of drug-likeness (QED) is 0.523. The second-order valence-corrected chi connectivity index (χ2v) is 6.75. The maximum Gasteiger partial charge on any atom is 0.329 e. The highest BCUT2D eigenvalue weighted by molar-refractivity contribution is 5.99. The average Bonchev–Trinajstić information content (AvgIpc) is 2.79. The fraction of sp³-hybridized carbons (Fsp3) is 0.200. The van der Waals surface area contributed by atoms with Crippen LogP contribution in [-0.2, 0) is 27.4 Å². The van der Waals surface area contributed by atoms with Gasteiger partial charge >= 0.3 is 5.97 Å². The molecule has 0 bridgehead atoms. The van der Waals surface area contributed by atoms with Gasteiger partial charge in [0.05, 0.1) is 0 Å². The minimum atomic E-state index is -0.740. The standard InChI is InChI=1S/C25H25NO3/c1-2-24(27)26(22-16-10-5-11-17-22)23(18-20-12-6-3-7-13-20)25(28)29-19-21-14-8-4-9-15-21/h3-17,23H,2,18-19H2,1H3. The van der Waals surface area contributed by atoms with Gasteiger partial charge in [-0.15, -0.1) is 0 Å². The summed E-state index contributed by atoms with van der Waals surface area (Å²) in [5.41, 5.74) is 2.57. The number of anilines is 1. The van der Waals surface area contributed by atoms with E-state index in [2.05, 4.69) is 0 Å². The summed E-state index contributed by atoms with van der Waals surface area (Å²) >= 11 is 0. The summed E-state index contributed by atoms with van der Waals surface area (Å²) < 4.78 is 5.63. The zero-order chi connectivity index (χ0) is 20.5. The van der Waals surface area contributed by atoms with Crippen LogP contribution in [-0.4, -0.2) is 17.9 Å². The van der Waals surface area contributed by atoms with Crippen molar-refractivity contribution in [3.05, 3.63) is 102 Å². The lowest BCUT2D eigenvalue weighted by atomic mass is 10.0. The third-order valence-corrected chi connectivity index (χ3v) is 4.69. The number of nitrogens with zero attached hydrogens (tertiary/aromatic N) is 1. The number of ether oxygens (including phenoxy) is 1. The first kappa shape index (κ1) is 20.3. The second kappa shape index (κ2) is 10.2. The van der Waals surface area contributed by atoms with Crippen molar-refractivity contribution in [2.75, 3.05) is 4.90 Å². The summed E-state index contributed by atoms with van der Waals surface area (Å²) in [5.74, 6) is -0.530. The smallest absolute Gasteiger partial charge is 0.329 e. The predicted molar refractivity (Wildman–Crippen MR) is 114 cm³/mol. The Morgan fingerprint density at radius 1 is 0.793 bits per heavy atom. The average molecular weight is 387 g/mol. The van der Waals surface area contributed by atoms with Crippen LogP contribution in [0.15, 0.2) is 91.0 Å². The lowest BCUT2D eigenvalue weighted by Gasteiger charge is -2.30. The van der Waals surface area contributed by atoms with Gasteiger partial charge in [-0.25, -0.2) is 4.79 Å². The summed E-state index contributed by atoms with van der Waals surface area (Å²) in [6.07, 6.45) is 0.682. The number of amides is 1. The number of carbonyl (C=O) groups is 2. The Kier molecular flexibility index (Phi) is 7.17. The van der Waals surface area contributed by atoms with Crippen LogP contribution in [0.2, 0.25) is 0 Å². The van der Waals surface area contributed by atoms with Crippen molar-refractivity contribution in [1.82, 2.24) is 0 Å². The van der Waals surface area contributed by atoms with Gasteiger partial charge in [-0.05, 0) is 23.3 Å². The molecule has 0 radical (unpaired) electrons. The molecule has 0 aliphatic heterocycles. The van der Waals surface area contributed by atoms with Gasteiger partial charge in [0.15, 0.2) is 0 Å². The Labute approximate surface area is 171 Å². The molecule has 148 valence electrons. The molecule has 1 atom stereocenters. The predicted octanol–water partition coefficient (Wildman–Crippen LogP) is 4.78. The summed E-state index contributed by atoms with van der Waals surface area (Å²) in [6.45, 7) is 1.97. The Hall–Kier alpha value is -3.40. The van der Waals surface area contributed by atoms with E-state index < -0.39 is 12.0 Å². The van der Waals surface area contributed by atoms with E-state index in [0.717, 1.165) is 11.1 Å². The number of hydrogen-bond donors (Lipinski definition) is 0. The van der Waals surface area contributed by atoms with Crippen LogP contribution in [0.4, 0.5) is 5.69 Å². The molecule has 0 aliphatic rings. The SMILES string of the molecule is CCC(=O)N(c1ccccc1)C(Cc1ccccc1)C(=O)OCc1ccccc1. The van der Waals surface area contributed by atoms with Crippen LogP contribution >= 0.6 is 0 Å². The van der Waals surface area contributed by atoms with Crippen molar-refractivity contribution < 1.29 is 14.3 Å². The minimum Gasteiger partial charge on any atom is -0.459 e. The van der Waals surface area contributed by atoms with E-state index in [1.54, 1.807) is 11.8 Å². The maximum atomic E-state index is 13.1. The first-order chi connectivity index (χ1) is 14.2. The Morgan fingerprint density at radius 2 is 1.31 bits per heavy atom. The van der Waals surface area contributed by atoms with Gasteiger partial charge in [0, 0.05) is 18.5 Å². The molecule has 0 aromatic heterocycles. The number of hydrogen-bond acceptors (Lipinski definition) is 3. The van der Waals surface area contributed by atoms with Gasteiger partial charge in [0.2, 0.25) is 5.91 Å². The lowest BCUT2D eigenvalue weighted by Crippen LogP contribution is -2.47. The molecule has 0 aliphatic carbocycles. The van der Waals surface area contributed by atoms with Gasteiger partial charge in [0.1, 0.15) is 12.6 Å². The van der Waals surface area contributed by atoms with E-state index in [1.807, 2.05) is 91.0 Å². The molecule has 4 heteroatoms. The van der Waals surface area contributed by atoms with Crippen molar-refractivity contribution in [3.8, 4) is 0 Å². The molecular formula is C25H25NO3. The number of rotatable bonds is 8. The monoisotopic (exact) mass is 387 g/mol. The van der Waals surface area contributed by atoms with Crippen LogP contribution in [0.5, 0.6) is 0 Å². The van der Waals surface area contributed by atoms with Gasteiger partial charge < -0.3 is 4.74 Å². The summed E-state index contributed by atoms with van der Waals surface area (Å²) in [5, 5.41) is 0. The molecule has 0 saturated heterocycles. The molecular weight excluding hydrogens is 362 g/mol. The molecule has 0 spiro atoms. The largest absolute Gasteiger partial charge is 0.459 e. The van der Waals surface area contributed by atoms with Gasteiger partial charge in [-0.2, -0.15) is 0 Å². The first-order valence-electron chi connectivity index (χ1n) is 9.80. The van der Waals surface area contributed by atoms with Crippen molar-refractivity contribution in [3.63, 3.8) is 0 Å². The van der Waals surface area contributed by atoms with Crippen molar-refractivity contribution in [2.24, 2.45) is 0 Å². The van der Waals surface area contributed by atoms with Crippen molar-refractivity contribution >= 4 is 17.6 Å². The van der Waals surface area contributed by atoms with E-state index in [0.29, 0.717) is 18.5 Å². The molecule has 1 unspecified atom stereocenters. The third-order valence-electron chi connectivity index (χ3n) is 4.69. The highest BCUT2D eigenvalue weighted by atomic mass is 16.5. The second-order valence-electron chi connectivity index (χ2n) is 6.75.